The molecule has 2 heteroatoms. The maximum atomic E-state index is 6.61. The van der Waals surface area contributed by atoms with Crippen molar-refractivity contribution in [3.63, 3.8) is 0 Å². The minimum atomic E-state index is -0.262. The lowest BCUT2D eigenvalue weighted by molar-refractivity contribution is 0.439. The van der Waals surface area contributed by atoms with E-state index in [2.05, 4.69) is 30.3 Å². The minimum absolute atomic E-state index is 0.262. The first-order chi connectivity index (χ1) is 8.69. The zero-order valence-electron chi connectivity index (χ0n) is 10.2. The van der Waals surface area contributed by atoms with E-state index in [0.717, 1.165) is 29.8 Å². The molecule has 0 radical (unpaired) electrons. The molecule has 0 heterocycles. The summed E-state index contributed by atoms with van der Waals surface area (Å²) < 4.78 is 0. The molecule has 0 fully saturated rings. The molecule has 1 aliphatic rings. The smallest absolute Gasteiger partial charge is 0.0456 e. The topological polar surface area (TPSA) is 26.0 Å². The number of nitrogens with two attached hydrogens (primary N) is 1. The fraction of sp³-hybridized carbons (Fsp3) is 0.250. The molecule has 0 aromatic heterocycles. The van der Waals surface area contributed by atoms with Gasteiger partial charge in [-0.1, -0.05) is 54.1 Å². The first-order valence-corrected chi connectivity index (χ1v) is 6.67. The average molecular weight is 258 g/mol. The molecule has 2 aromatic carbocycles. The summed E-state index contributed by atoms with van der Waals surface area (Å²) >= 11 is 6.24. The van der Waals surface area contributed by atoms with Crippen LogP contribution in [0, 0.1) is 0 Å². The summed E-state index contributed by atoms with van der Waals surface area (Å²) in [5.41, 5.74) is 10.2. The summed E-state index contributed by atoms with van der Waals surface area (Å²) in [4.78, 5) is 0. The van der Waals surface area contributed by atoms with Crippen molar-refractivity contribution in [1.82, 2.24) is 0 Å². The van der Waals surface area contributed by atoms with Gasteiger partial charge in [-0.25, -0.2) is 0 Å². The van der Waals surface area contributed by atoms with E-state index < -0.39 is 0 Å². The molecule has 2 N–H and O–H groups in total. The lowest BCUT2D eigenvalue weighted by Gasteiger charge is -2.26. The fourth-order valence-electron chi connectivity index (χ4n) is 2.88. The van der Waals surface area contributed by atoms with Gasteiger partial charge in [-0.3, -0.25) is 0 Å². The Hall–Kier alpha value is -1.31. The highest BCUT2D eigenvalue weighted by Crippen LogP contribution is 2.38. The highest BCUT2D eigenvalue weighted by atomic mass is 35.5. The largest absolute Gasteiger partial charge is 0.321 e. The lowest BCUT2D eigenvalue weighted by atomic mass is 9.86. The molecule has 1 unspecified atom stereocenters. The van der Waals surface area contributed by atoms with Gasteiger partial charge in [0.2, 0.25) is 0 Å². The maximum Gasteiger partial charge on any atom is 0.0456 e. The molecular formula is C16H16ClN. The zero-order valence-corrected chi connectivity index (χ0v) is 11.0. The van der Waals surface area contributed by atoms with E-state index in [1.54, 1.807) is 0 Å². The lowest BCUT2D eigenvalue weighted by Crippen LogP contribution is -2.36. The summed E-state index contributed by atoms with van der Waals surface area (Å²) in [6.45, 7) is 0. The molecule has 3 rings (SSSR count). The molecule has 0 spiro atoms. The quantitative estimate of drug-likeness (QED) is 0.873. The highest BCUT2D eigenvalue weighted by molar-refractivity contribution is 6.31. The SMILES string of the molecule is NC1(Cc2ccccc2Cl)CCc2ccccc21. The van der Waals surface area contributed by atoms with Crippen LogP contribution in [0.15, 0.2) is 48.5 Å². The standard InChI is InChI=1S/C16H16ClN/c17-15-8-4-2-6-13(15)11-16(18)10-9-12-5-1-3-7-14(12)16/h1-8H,9-11,18H2. The van der Waals surface area contributed by atoms with Gasteiger partial charge in [0.15, 0.2) is 0 Å². The number of halogens is 1. The summed E-state index contributed by atoms with van der Waals surface area (Å²) in [7, 11) is 0. The number of hydrogen-bond acceptors (Lipinski definition) is 1. The van der Waals surface area contributed by atoms with Gasteiger partial charge in [-0.05, 0) is 42.0 Å². The Kier molecular flexibility index (Phi) is 2.89. The number of hydrogen-bond donors (Lipinski definition) is 1. The zero-order chi connectivity index (χ0) is 12.6. The van der Waals surface area contributed by atoms with Crippen molar-refractivity contribution < 1.29 is 0 Å². The van der Waals surface area contributed by atoms with Crippen LogP contribution >= 0.6 is 11.6 Å². The normalized spacial score (nSPS) is 21.9. The van der Waals surface area contributed by atoms with Crippen LogP contribution in [0.4, 0.5) is 0 Å². The monoisotopic (exact) mass is 257 g/mol. The van der Waals surface area contributed by atoms with Crippen LogP contribution in [0.5, 0.6) is 0 Å². The van der Waals surface area contributed by atoms with E-state index in [9.17, 15) is 0 Å². The second-order valence-electron chi connectivity index (χ2n) is 5.08. The van der Waals surface area contributed by atoms with Crippen LogP contribution in [0.3, 0.4) is 0 Å². The van der Waals surface area contributed by atoms with Gasteiger partial charge in [0.05, 0.1) is 0 Å². The molecular weight excluding hydrogens is 242 g/mol. The fourth-order valence-corrected chi connectivity index (χ4v) is 3.08. The molecule has 0 bridgehead atoms. The van der Waals surface area contributed by atoms with Crippen molar-refractivity contribution in [3.05, 3.63) is 70.2 Å². The van der Waals surface area contributed by atoms with Crippen LogP contribution in [0.1, 0.15) is 23.1 Å². The predicted molar refractivity (Wildman–Crippen MR) is 75.8 cm³/mol. The maximum absolute atomic E-state index is 6.61. The van der Waals surface area contributed by atoms with Crippen LogP contribution in [0.25, 0.3) is 0 Å². The Morgan fingerprint density at radius 3 is 2.61 bits per heavy atom. The van der Waals surface area contributed by atoms with E-state index in [1.165, 1.54) is 11.1 Å². The van der Waals surface area contributed by atoms with Crippen molar-refractivity contribution in [3.8, 4) is 0 Å². The second kappa shape index (κ2) is 4.42. The Morgan fingerprint density at radius 1 is 1.06 bits per heavy atom. The molecule has 2 aromatic rings. The van der Waals surface area contributed by atoms with Gasteiger partial charge in [-0.2, -0.15) is 0 Å². The average Bonchev–Trinajstić information content (AvgIpc) is 2.71. The molecule has 0 aliphatic heterocycles. The summed E-state index contributed by atoms with van der Waals surface area (Å²) in [6, 6.07) is 16.5. The summed E-state index contributed by atoms with van der Waals surface area (Å²) in [5, 5.41) is 0.812. The predicted octanol–water partition coefficient (Wildman–Crippen LogP) is 3.68. The van der Waals surface area contributed by atoms with E-state index >= 15 is 0 Å². The Labute approximate surface area is 113 Å². The van der Waals surface area contributed by atoms with Gasteiger partial charge >= 0.3 is 0 Å². The third-order valence-corrected chi connectivity index (χ3v) is 4.23. The molecule has 18 heavy (non-hydrogen) atoms. The van der Waals surface area contributed by atoms with Gasteiger partial charge in [0.25, 0.3) is 0 Å². The Bertz CT molecular complexity index is 579. The first-order valence-electron chi connectivity index (χ1n) is 6.30. The van der Waals surface area contributed by atoms with Crippen molar-refractivity contribution in [2.75, 3.05) is 0 Å². The minimum Gasteiger partial charge on any atom is -0.321 e. The van der Waals surface area contributed by atoms with Gasteiger partial charge < -0.3 is 5.73 Å². The number of rotatable bonds is 2. The van der Waals surface area contributed by atoms with E-state index in [4.69, 9.17) is 17.3 Å². The third-order valence-electron chi connectivity index (χ3n) is 3.86. The van der Waals surface area contributed by atoms with E-state index in [-0.39, 0.29) is 5.54 Å². The molecule has 1 atom stereocenters. The van der Waals surface area contributed by atoms with Gasteiger partial charge in [-0.15, -0.1) is 0 Å². The molecule has 1 aliphatic carbocycles. The molecule has 1 nitrogen and oxygen atoms in total. The first kappa shape index (κ1) is 11.8. The van der Waals surface area contributed by atoms with Gasteiger partial charge in [0.1, 0.15) is 0 Å². The van der Waals surface area contributed by atoms with Crippen molar-refractivity contribution in [1.29, 1.82) is 0 Å². The molecule has 0 amide bonds. The number of benzene rings is 2. The van der Waals surface area contributed by atoms with Crippen LogP contribution in [0.2, 0.25) is 5.02 Å². The van der Waals surface area contributed by atoms with Crippen LogP contribution in [-0.4, -0.2) is 0 Å². The van der Waals surface area contributed by atoms with Gasteiger partial charge in [0, 0.05) is 10.6 Å². The summed E-state index contributed by atoms with van der Waals surface area (Å²) in [5.74, 6) is 0. The van der Waals surface area contributed by atoms with E-state index in [0.29, 0.717) is 0 Å². The second-order valence-corrected chi connectivity index (χ2v) is 5.49. The molecule has 0 saturated carbocycles. The molecule has 0 saturated heterocycles. The van der Waals surface area contributed by atoms with Crippen molar-refractivity contribution >= 4 is 11.6 Å². The Balaban J connectivity index is 1.96. The Morgan fingerprint density at radius 2 is 1.78 bits per heavy atom. The number of fused-ring (bicyclic) bond motifs is 1. The molecule has 92 valence electrons. The van der Waals surface area contributed by atoms with Crippen LogP contribution < -0.4 is 5.73 Å². The summed E-state index contributed by atoms with van der Waals surface area (Å²) in [6.07, 6.45) is 2.87. The van der Waals surface area contributed by atoms with E-state index in [1.807, 2.05) is 18.2 Å². The van der Waals surface area contributed by atoms with Crippen molar-refractivity contribution in [2.24, 2.45) is 5.73 Å². The third kappa shape index (κ3) is 1.94. The number of aryl methyl sites for hydroxylation is 1. The van der Waals surface area contributed by atoms with Crippen LogP contribution in [-0.2, 0) is 18.4 Å². The van der Waals surface area contributed by atoms with Crippen molar-refractivity contribution in [2.45, 2.75) is 24.8 Å². The highest BCUT2D eigenvalue weighted by Gasteiger charge is 2.34.